The van der Waals surface area contributed by atoms with Gasteiger partial charge in [-0.2, -0.15) is 0 Å². The van der Waals surface area contributed by atoms with Gasteiger partial charge in [0.2, 0.25) is 0 Å². The zero-order valence-corrected chi connectivity index (χ0v) is 9.43. The Labute approximate surface area is 102 Å². The van der Waals surface area contributed by atoms with Crippen LogP contribution in [0.25, 0.3) is 0 Å². The largest absolute Gasteiger partial charge is 0.106 e. The van der Waals surface area contributed by atoms with Crippen molar-refractivity contribution in [2.45, 2.75) is 5.92 Å². The lowest BCUT2D eigenvalue weighted by Gasteiger charge is -2.11. The van der Waals surface area contributed by atoms with Crippen LogP contribution >= 0.6 is 0 Å². The van der Waals surface area contributed by atoms with Crippen LogP contribution in [0.5, 0.6) is 0 Å². The molecule has 0 aromatic heterocycles. The predicted molar refractivity (Wildman–Crippen MR) is 71.3 cm³/mol. The van der Waals surface area contributed by atoms with Gasteiger partial charge in [-0.3, -0.25) is 0 Å². The molecule has 0 radical (unpaired) electrons. The molecule has 0 heterocycles. The molecule has 0 spiro atoms. The molecule has 0 saturated heterocycles. The van der Waals surface area contributed by atoms with Crippen molar-refractivity contribution in [1.82, 2.24) is 0 Å². The molecular formula is C17H12. The highest BCUT2D eigenvalue weighted by Crippen LogP contribution is 2.23. The second-order valence-electron chi connectivity index (χ2n) is 3.67. The van der Waals surface area contributed by atoms with Gasteiger partial charge in [-0.1, -0.05) is 66.6 Å². The molecule has 0 bridgehead atoms. The molecule has 80 valence electrons. The van der Waals surface area contributed by atoms with Crippen LogP contribution in [-0.4, -0.2) is 0 Å². The number of hydrogen-bond acceptors (Lipinski definition) is 0. The molecule has 0 atom stereocenters. The van der Waals surface area contributed by atoms with Crippen LogP contribution in [0.4, 0.5) is 0 Å². The predicted octanol–water partition coefficient (Wildman–Crippen LogP) is 3.46. The summed E-state index contributed by atoms with van der Waals surface area (Å²) >= 11 is 0. The highest BCUT2D eigenvalue weighted by Gasteiger charge is 2.09. The standard InChI is InChI=1S/C17H12/c1-2-3-14-17(15-10-6-4-7-11-15)16-12-8-5-9-13-16/h1,4-13,17H. The topological polar surface area (TPSA) is 0 Å². The van der Waals surface area contributed by atoms with Gasteiger partial charge in [0, 0.05) is 0 Å². The highest BCUT2D eigenvalue weighted by atomic mass is 14.1. The second kappa shape index (κ2) is 5.59. The molecule has 0 fully saturated rings. The van der Waals surface area contributed by atoms with E-state index in [1.54, 1.807) is 0 Å². The minimum absolute atomic E-state index is 0.0495. The minimum atomic E-state index is 0.0495. The molecule has 2 aromatic rings. The number of terminal acetylenes is 1. The van der Waals surface area contributed by atoms with E-state index >= 15 is 0 Å². The minimum Gasteiger partial charge on any atom is -0.106 e. The van der Waals surface area contributed by atoms with Crippen LogP contribution in [0.1, 0.15) is 17.0 Å². The number of benzene rings is 2. The molecular weight excluding hydrogens is 204 g/mol. The molecule has 0 N–H and O–H groups in total. The van der Waals surface area contributed by atoms with E-state index in [0.29, 0.717) is 0 Å². The summed E-state index contributed by atoms with van der Waals surface area (Å²) in [6, 6.07) is 20.4. The van der Waals surface area contributed by atoms with Crippen molar-refractivity contribution < 1.29 is 0 Å². The Hall–Kier alpha value is -2.44. The van der Waals surface area contributed by atoms with E-state index < -0.39 is 0 Å². The van der Waals surface area contributed by atoms with E-state index in [1.807, 2.05) is 36.4 Å². The molecule has 0 aliphatic carbocycles. The van der Waals surface area contributed by atoms with Crippen LogP contribution in [0.15, 0.2) is 60.7 Å². The third-order valence-corrected chi connectivity index (χ3v) is 2.55. The molecule has 2 aromatic carbocycles. The SMILES string of the molecule is C#CC#CC(c1ccccc1)c1ccccc1. The zero-order chi connectivity index (χ0) is 11.9. The van der Waals surface area contributed by atoms with Gasteiger partial charge in [0.05, 0.1) is 5.92 Å². The van der Waals surface area contributed by atoms with Gasteiger partial charge < -0.3 is 0 Å². The molecule has 0 heteroatoms. The summed E-state index contributed by atoms with van der Waals surface area (Å²) in [5.74, 6) is 8.27. The third-order valence-electron chi connectivity index (χ3n) is 2.55. The Morgan fingerprint density at radius 3 is 1.65 bits per heavy atom. The fraction of sp³-hybridized carbons (Fsp3) is 0.0588. The van der Waals surface area contributed by atoms with Crippen molar-refractivity contribution in [1.29, 1.82) is 0 Å². The summed E-state index contributed by atoms with van der Waals surface area (Å²) in [6.45, 7) is 0. The van der Waals surface area contributed by atoms with Gasteiger partial charge in [0.1, 0.15) is 0 Å². The Morgan fingerprint density at radius 1 is 0.765 bits per heavy atom. The van der Waals surface area contributed by atoms with Crippen molar-refractivity contribution in [3.05, 3.63) is 71.8 Å². The van der Waals surface area contributed by atoms with Crippen molar-refractivity contribution in [2.24, 2.45) is 0 Å². The first kappa shape index (κ1) is 11.1. The maximum Gasteiger partial charge on any atom is 0.0712 e. The van der Waals surface area contributed by atoms with Crippen LogP contribution in [0.2, 0.25) is 0 Å². The molecule has 2 rings (SSSR count). The lowest BCUT2D eigenvalue weighted by atomic mass is 9.92. The third kappa shape index (κ3) is 2.77. The average Bonchev–Trinajstić information content (AvgIpc) is 2.42. The first-order valence-electron chi connectivity index (χ1n) is 5.48. The van der Waals surface area contributed by atoms with E-state index in [0.717, 1.165) is 0 Å². The summed E-state index contributed by atoms with van der Waals surface area (Å²) < 4.78 is 0. The Bertz CT molecular complexity index is 523. The number of rotatable bonds is 2. The van der Waals surface area contributed by atoms with Crippen molar-refractivity contribution in [3.8, 4) is 24.2 Å². The van der Waals surface area contributed by atoms with Gasteiger partial charge in [-0.05, 0) is 23.0 Å². The number of hydrogen-bond donors (Lipinski definition) is 0. The van der Waals surface area contributed by atoms with Crippen LogP contribution in [0.3, 0.4) is 0 Å². The highest BCUT2D eigenvalue weighted by molar-refractivity contribution is 5.42. The Morgan fingerprint density at radius 2 is 1.24 bits per heavy atom. The van der Waals surface area contributed by atoms with Gasteiger partial charge in [0.15, 0.2) is 0 Å². The van der Waals surface area contributed by atoms with Crippen molar-refractivity contribution >= 4 is 0 Å². The summed E-state index contributed by atoms with van der Waals surface area (Å²) in [4.78, 5) is 0. The van der Waals surface area contributed by atoms with E-state index in [1.165, 1.54) is 11.1 Å². The molecule has 0 nitrogen and oxygen atoms in total. The lowest BCUT2D eigenvalue weighted by Crippen LogP contribution is -1.97. The molecule has 0 unspecified atom stereocenters. The smallest absolute Gasteiger partial charge is 0.0712 e. The monoisotopic (exact) mass is 216 g/mol. The molecule has 0 aliphatic rings. The molecule has 0 amide bonds. The Kier molecular flexibility index (Phi) is 3.64. The zero-order valence-electron chi connectivity index (χ0n) is 9.43. The first-order chi connectivity index (χ1) is 8.42. The quantitative estimate of drug-likeness (QED) is 0.674. The summed E-state index contributed by atoms with van der Waals surface area (Å²) in [5, 5.41) is 0. The normalized spacial score (nSPS) is 9.18. The first-order valence-corrected chi connectivity index (χ1v) is 5.48. The Balaban J connectivity index is 2.44. The molecule has 0 aliphatic heterocycles. The molecule has 0 saturated carbocycles. The van der Waals surface area contributed by atoms with Crippen molar-refractivity contribution in [2.75, 3.05) is 0 Å². The summed E-state index contributed by atoms with van der Waals surface area (Å²) in [5.41, 5.74) is 2.34. The van der Waals surface area contributed by atoms with E-state index in [4.69, 9.17) is 6.42 Å². The summed E-state index contributed by atoms with van der Waals surface area (Å²) in [6.07, 6.45) is 5.21. The van der Waals surface area contributed by atoms with E-state index in [9.17, 15) is 0 Å². The van der Waals surface area contributed by atoms with Crippen LogP contribution in [0, 0.1) is 24.2 Å². The van der Waals surface area contributed by atoms with Gasteiger partial charge >= 0.3 is 0 Å². The van der Waals surface area contributed by atoms with E-state index in [-0.39, 0.29) is 5.92 Å². The second-order valence-corrected chi connectivity index (χ2v) is 3.67. The maximum absolute atomic E-state index is 5.21. The van der Waals surface area contributed by atoms with E-state index in [2.05, 4.69) is 42.0 Å². The average molecular weight is 216 g/mol. The lowest BCUT2D eigenvalue weighted by molar-refractivity contribution is 1.06. The van der Waals surface area contributed by atoms with Gasteiger partial charge in [-0.25, -0.2) is 0 Å². The van der Waals surface area contributed by atoms with Gasteiger partial charge in [-0.15, -0.1) is 6.42 Å². The summed E-state index contributed by atoms with van der Waals surface area (Å²) in [7, 11) is 0. The van der Waals surface area contributed by atoms with Crippen molar-refractivity contribution in [3.63, 3.8) is 0 Å². The van der Waals surface area contributed by atoms with Gasteiger partial charge in [0.25, 0.3) is 0 Å². The fourth-order valence-corrected chi connectivity index (χ4v) is 1.76. The van der Waals surface area contributed by atoms with Crippen LogP contribution in [-0.2, 0) is 0 Å². The maximum atomic E-state index is 5.21. The van der Waals surface area contributed by atoms with Crippen LogP contribution < -0.4 is 0 Å². The fourth-order valence-electron chi connectivity index (χ4n) is 1.76. The molecule has 17 heavy (non-hydrogen) atoms.